The Morgan fingerprint density at radius 3 is 2.47 bits per heavy atom. The van der Waals surface area contributed by atoms with Crippen LogP contribution in [0.25, 0.3) is 0 Å². The molecule has 0 spiro atoms. The first-order valence-electron chi connectivity index (χ1n) is 19.1. The topological polar surface area (TPSA) is 149 Å². The molecule has 3 heterocycles. The van der Waals surface area contributed by atoms with Crippen molar-refractivity contribution in [3.05, 3.63) is 73.8 Å². The summed E-state index contributed by atoms with van der Waals surface area (Å²) in [4.78, 5) is 49.6. The molecular formula is C41H57ClN4O7SSi. The number of anilines is 1. The lowest BCUT2D eigenvalue weighted by atomic mass is 9.84. The molecule has 5 rings (SSSR count). The van der Waals surface area contributed by atoms with E-state index in [1.54, 1.807) is 27.0 Å². The second kappa shape index (κ2) is 17.0. The van der Waals surface area contributed by atoms with E-state index in [-0.39, 0.29) is 34.8 Å². The van der Waals surface area contributed by atoms with Crippen molar-refractivity contribution < 1.29 is 33.4 Å². The maximum absolute atomic E-state index is 14.2. The highest BCUT2D eigenvalue weighted by atomic mass is 35.5. The van der Waals surface area contributed by atoms with Gasteiger partial charge in [0.2, 0.25) is 5.78 Å². The number of fused-ring (bicyclic) bond motifs is 1. The minimum atomic E-state index is -2.09. The van der Waals surface area contributed by atoms with Crippen LogP contribution >= 0.6 is 22.9 Å². The number of amides is 1. The largest absolute Gasteiger partial charge is 0.480 e. The second-order valence-electron chi connectivity index (χ2n) is 17.7. The van der Waals surface area contributed by atoms with Crippen molar-refractivity contribution in [2.75, 3.05) is 18.5 Å². The third kappa shape index (κ3) is 10.5. The summed E-state index contributed by atoms with van der Waals surface area (Å²) in [7, 11) is -2.09. The Balaban J connectivity index is 1.36. The Labute approximate surface area is 335 Å². The molecule has 14 heteroatoms. The highest BCUT2D eigenvalue weighted by Crippen LogP contribution is 2.43. The number of hydrogen-bond acceptors (Lipinski definition) is 10. The average molecular weight is 814 g/mol. The van der Waals surface area contributed by atoms with Gasteiger partial charge in [-0.1, -0.05) is 45.4 Å². The number of carboxylic acids is 1. The molecule has 1 aliphatic carbocycles. The van der Waals surface area contributed by atoms with Gasteiger partial charge in [0, 0.05) is 28.7 Å². The van der Waals surface area contributed by atoms with Gasteiger partial charge >= 0.3 is 12.1 Å². The number of nitrogens with zero attached hydrogens (tertiary/aromatic N) is 2. The summed E-state index contributed by atoms with van der Waals surface area (Å²) in [6, 6.07) is 6.63. The molecule has 0 saturated heterocycles. The van der Waals surface area contributed by atoms with Crippen molar-refractivity contribution in [1.82, 2.24) is 15.3 Å². The van der Waals surface area contributed by atoms with Crippen LogP contribution in [-0.4, -0.2) is 72.1 Å². The number of hydrogen-bond donors (Lipinski definition) is 3. The molecule has 1 amide bonds. The van der Waals surface area contributed by atoms with Crippen molar-refractivity contribution in [2.45, 2.75) is 123 Å². The fraction of sp³-hybridized carbons (Fsp3) is 0.585. The molecular weight excluding hydrogens is 756 g/mol. The number of ether oxygens (including phenoxy) is 2. The van der Waals surface area contributed by atoms with Crippen LogP contribution in [0.1, 0.15) is 111 Å². The van der Waals surface area contributed by atoms with Gasteiger partial charge in [-0.05, 0) is 124 Å². The van der Waals surface area contributed by atoms with Crippen LogP contribution in [0.2, 0.25) is 23.2 Å². The first kappa shape index (κ1) is 42.8. The number of thiophene rings is 1. The monoisotopic (exact) mass is 812 g/mol. The zero-order valence-corrected chi connectivity index (χ0v) is 36.3. The summed E-state index contributed by atoms with van der Waals surface area (Å²) in [6.07, 6.45) is 4.72. The van der Waals surface area contributed by atoms with Gasteiger partial charge in [-0.25, -0.2) is 19.6 Å². The third-order valence-electron chi connectivity index (χ3n) is 11.3. The van der Waals surface area contributed by atoms with E-state index in [0.717, 1.165) is 28.8 Å². The fourth-order valence-corrected chi connectivity index (χ4v) is 9.57. The van der Waals surface area contributed by atoms with Gasteiger partial charge in [-0.2, -0.15) is 0 Å². The summed E-state index contributed by atoms with van der Waals surface area (Å²) < 4.78 is 18.4. The predicted molar refractivity (Wildman–Crippen MR) is 219 cm³/mol. The number of halogens is 1. The predicted octanol–water partition coefficient (Wildman–Crippen LogP) is 9.23. The van der Waals surface area contributed by atoms with Crippen molar-refractivity contribution in [3.8, 4) is 0 Å². The first-order chi connectivity index (χ1) is 25.6. The lowest BCUT2D eigenvalue weighted by molar-refractivity contribution is -0.141. The molecule has 11 nitrogen and oxygen atoms in total. The maximum atomic E-state index is 14.2. The number of aromatic nitrogens is 2. The summed E-state index contributed by atoms with van der Waals surface area (Å²) in [5.41, 5.74) is 2.78. The van der Waals surface area contributed by atoms with Gasteiger partial charge in [0.1, 0.15) is 29.9 Å². The summed E-state index contributed by atoms with van der Waals surface area (Å²) in [6.45, 7) is 21.3. The van der Waals surface area contributed by atoms with E-state index >= 15 is 0 Å². The van der Waals surface area contributed by atoms with E-state index in [1.807, 2.05) is 38.1 Å². The van der Waals surface area contributed by atoms with Crippen LogP contribution in [-0.2, 0) is 25.1 Å². The molecule has 2 aliphatic rings. The zero-order chi connectivity index (χ0) is 40.5. The van der Waals surface area contributed by atoms with Crippen molar-refractivity contribution in [2.24, 2.45) is 17.8 Å². The number of nitrogens with one attached hydrogen (secondary N) is 2. The van der Waals surface area contributed by atoms with Gasteiger partial charge in [-0.3, -0.25) is 4.79 Å². The van der Waals surface area contributed by atoms with Gasteiger partial charge in [0.05, 0.1) is 17.0 Å². The Hall–Kier alpha value is -3.36. The van der Waals surface area contributed by atoms with E-state index < -0.39 is 37.9 Å². The normalized spacial score (nSPS) is 21.4. The minimum Gasteiger partial charge on any atom is -0.480 e. The molecule has 0 radical (unpaired) electrons. The zero-order valence-electron chi connectivity index (χ0n) is 33.7. The van der Waals surface area contributed by atoms with Crippen molar-refractivity contribution in [3.63, 3.8) is 0 Å². The van der Waals surface area contributed by atoms with E-state index in [0.29, 0.717) is 47.3 Å². The quantitative estimate of drug-likeness (QED) is 0.113. The van der Waals surface area contributed by atoms with Crippen LogP contribution in [0.5, 0.6) is 0 Å². The number of ketones is 1. The Bertz CT molecular complexity index is 1870. The van der Waals surface area contributed by atoms with Gasteiger partial charge in [0.15, 0.2) is 8.32 Å². The molecule has 2 aromatic heterocycles. The molecule has 3 N–H and O–H groups in total. The Morgan fingerprint density at radius 1 is 1.09 bits per heavy atom. The van der Waals surface area contributed by atoms with Crippen LogP contribution in [0.3, 0.4) is 0 Å². The summed E-state index contributed by atoms with van der Waals surface area (Å²) in [5.74, 6) is -1.04. The fourth-order valence-electron chi connectivity index (χ4n) is 7.33. The number of alkyl carbamates (subject to hydrolysis) is 1. The summed E-state index contributed by atoms with van der Waals surface area (Å²) in [5, 5.41) is 17.0. The number of carbonyl (C=O) groups is 3. The van der Waals surface area contributed by atoms with E-state index in [1.165, 1.54) is 23.2 Å². The van der Waals surface area contributed by atoms with E-state index in [4.69, 9.17) is 25.5 Å². The molecule has 1 saturated carbocycles. The Morgan fingerprint density at radius 2 is 1.80 bits per heavy atom. The molecule has 4 unspecified atom stereocenters. The van der Waals surface area contributed by atoms with Crippen molar-refractivity contribution in [1.29, 1.82) is 0 Å². The molecule has 0 bridgehead atoms. The lowest BCUT2D eigenvalue weighted by Gasteiger charge is -2.38. The number of carbonyl (C=O) groups excluding carboxylic acids is 2. The second-order valence-corrected chi connectivity index (χ2v) is 24.2. The van der Waals surface area contributed by atoms with Gasteiger partial charge in [0.25, 0.3) is 0 Å². The standard InChI is InChI=1S/C41H57ClN4O7SSi/c1-23(34(38(48)49)46-39(50)53-40(3,4)5)15-26-16-29(17-27(26)21-52-55(9,10)41(6,7)8)45-37-32(20-43-22-44-37)35(47)33-19-30(24(2)54-33)36-31-18-28(42)12-11-25(31)13-14-51-36/h11-12,18-20,22-23,26-27,29,34,36H,13-17,21H2,1-10H3,(H,46,50)(H,48,49)(H,43,44,45)/t23?,26?,27?,29?,34-,36+/m1/s1. The Kier molecular flexibility index (Phi) is 13.2. The molecule has 1 aliphatic heterocycles. The molecule has 300 valence electrons. The number of aliphatic carboxylic acids is 1. The average Bonchev–Trinajstić information content (AvgIpc) is 3.66. The van der Waals surface area contributed by atoms with E-state index in [9.17, 15) is 19.5 Å². The highest BCUT2D eigenvalue weighted by molar-refractivity contribution is 7.14. The molecule has 1 aromatic carbocycles. The van der Waals surface area contributed by atoms with Crippen LogP contribution in [0.15, 0.2) is 36.8 Å². The van der Waals surface area contributed by atoms with E-state index in [2.05, 4.69) is 54.5 Å². The number of rotatable bonds is 13. The van der Waals surface area contributed by atoms with Gasteiger partial charge in [-0.15, -0.1) is 11.3 Å². The summed E-state index contributed by atoms with van der Waals surface area (Å²) >= 11 is 7.80. The van der Waals surface area contributed by atoms with Crippen molar-refractivity contribution >= 4 is 54.9 Å². The third-order valence-corrected chi connectivity index (χ3v) is 17.1. The minimum absolute atomic E-state index is 0.0214. The SMILES string of the molecule is Cc1sc(C(=O)c2cncnc2NC2CC(CO[Si](C)(C)C(C)(C)C)C(CC(C)[C@@H](NC(=O)OC(C)(C)C)C(=O)O)C2)cc1[C@@H]1OCCc2ccc(Cl)cc21. The molecule has 1 fully saturated rings. The van der Waals surface area contributed by atoms with Gasteiger partial charge < -0.3 is 29.6 Å². The number of carboxylic acid groups (broad SMARTS) is 1. The first-order valence-corrected chi connectivity index (χ1v) is 23.2. The molecule has 55 heavy (non-hydrogen) atoms. The number of aryl methyl sites for hydroxylation is 1. The molecule has 6 atom stereocenters. The van der Waals surface area contributed by atoms with Crippen LogP contribution in [0.4, 0.5) is 10.6 Å². The number of benzene rings is 1. The molecule has 3 aromatic rings. The smallest absolute Gasteiger partial charge is 0.408 e. The van der Waals surface area contributed by atoms with Crippen LogP contribution < -0.4 is 10.6 Å². The maximum Gasteiger partial charge on any atom is 0.408 e. The highest BCUT2D eigenvalue weighted by Gasteiger charge is 2.42. The lowest BCUT2D eigenvalue weighted by Crippen LogP contribution is -2.47. The van der Waals surface area contributed by atoms with Crippen LogP contribution in [0, 0.1) is 24.7 Å².